The lowest BCUT2D eigenvalue weighted by Gasteiger charge is -2.08. The number of hydrogen-bond acceptors (Lipinski definition) is 3. The molecule has 2 aromatic rings. The molecule has 2 rings (SSSR count). The number of fused-ring (bicyclic) bond motifs is 1. The minimum absolute atomic E-state index is 0.0995. The molecule has 0 aliphatic rings. The summed E-state index contributed by atoms with van der Waals surface area (Å²) >= 11 is 1.55. The standard InChI is InChI=1S/C12H15FN2OS/c1-3-8-7-9-11(17-8)14-10(4-2)15(6-5-13)12(9)16/h7H,3-6H2,1-2H3. The molecule has 0 saturated carbocycles. The Balaban J connectivity index is 2.71. The number of aryl methyl sites for hydroxylation is 2. The molecule has 5 heteroatoms. The van der Waals surface area contributed by atoms with Crippen molar-refractivity contribution in [2.45, 2.75) is 33.2 Å². The Kier molecular flexibility index (Phi) is 3.57. The number of alkyl halides is 1. The van der Waals surface area contributed by atoms with E-state index in [1.54, 1.807) is 11.3 Å². The molecule has 0 radical (unpaired) electrons. The molecule has 3 nitrogen and oxygen atoms in total. The highest BCUT2D eigenvalue weighted by molar-refractivity contribution is 7.18. The van der Waals surface area contributed by atoms with Gasteiger partial charge in [0.25, 0.3) is 5.56 Å². The fourth-order valence-corrected chi connectivity index (χ4v) is 2.84. The second-order valence-corrected chi connectivity index (χ2v) is 4.93. The normalized spacial score (nSPS) is 11.2. The van der Waals surface area contributed by atoms with Gasteiger partial charge in [-0.2, -0.15) is 0 Å². The lowest BCUT2D eigenvalue weighted by Crippen LogP contribution is -2.25. The van der Waals surface area contributed by atoms with Crippen molar-refractivity contribution in [3.05, 3.63) is 27.1 Å². The van der Waals surface area contributed by atoms with E-state index >= 15 is 0 Å². The highest BCUT2D eigenvalue weighted by Gasteiger charge is 2.12. The van der Waals surface area contributed by atoms with E-state index < -0.39 is 6.67 Å². The van der Waals surface area contributed by atoms with E-state index in [9.17, 15) is 9.18 Å². The fraction of sp³-hybridized carbons (Fsp3) is 0.500. The molecule has 17 heavy (non-hydrogen) atoms. The average molecular weight is 254 g/mol. The Morgan fingerprint density at radius 1 is 1.41 bits per heavy atom. The van der Waals surface area contributed by atoms with Gasteiger partial charge in [-0.15, -0.1) is 11.3 Å². The van der Waals surface area contributed by atoms with Crippen LogP contribution in [0.5, 0.6) is 0 Å². The number of halogens is 1. The van der Waals surface area contributed by atoms with Crippen LogP contribution in [-0.4, -0.2) is 16.2 Å². The van der Waals surface area contributed by atoms with Crippen molar-refractivity contribution in [2.24, 2.45) is 0 Å². The van der Waals surface area contributed by atoms with Gasteiger partial charge in [0.15, 0.2) is 0 Å². The minimum atomic E-state index is -0.537. The van der Waals surface area contributed by atoms with Gasteiger partial charge in [0.05, 0.1) is 11.9 Å². The maximum absolute atomic E-state index is 12.5. The second-order valence-electron chi connectivity index (χ2n) is 3.81. The van der Waals surface area contributed by atoms with Gasteiger partial charge in [0, 0.05) is 11.3 Å². The van der Waals surface area contributed by atoms with Crippen molar-refractivity contribution in [1.29, 1.82) is 0 Å². The van der Waals surface area contributed by atoms with Crippen LogP contribution in [0.25, 0.3) is 10.2 Å². The van der Waals surface area contributed by atoms with Crippen LogP contribution in [0.15, 0.2) is 10.9 Å². The maximum atomic E-state index is 12.5. The van der Waals surface area contributed by atoms with Crippen molar-refractivity contribution in [1.82, 2.24) is 9.55 Å². The SMILES string of the molecule is CCc1cc2c(=O)n(CCF)c(CC)nc2s1. The first kappa shape index (κ1) is 12.2. The minimum Gasteiger partial charge on any atom is -0.293 e. The molecular formula is C12H15FN2OS. The Labute approximate surface area is 103 Å². The molecule has 0 bridgehead atoms. The summed E-state index contributed by atoms with van der Waals surface area (Å²) in [6.45, 7) is 3.54. The first-order chi connectivity index (χ1) is 8.21. The number of rotatable bonds is 4. The van der Waals surface area contributed by atoms with Crippen LogP contribution < -0.4 is 5.56 Å². The summed E-state index contributed by atoms with van der Waals surface area (Å²) in [5, 5.41) is 0.623. The van der Waals surface area contributed by atoms with Crippen LogP contribution in [0.2, 0.25) is 0 Å². The lowest BCUT2D eigenvalue weighted by atomic mass is 10.3. The van der Waals surface area contributed by atoms with Gasteiger partial charge < -0.3 is 0 Å². The van der Waals surface area contributed by atoms with E-state index in [4.69, 9.17) is 0 Å². The monoisotopic (exact) mass is 254 g/mol. The highest BCUT2D eigenvalue weighted by Crippen LogP contribution is 2.22. The molecule has 0 aliphatic carbocycles. The summed E-state index contributed by atoms with van der Waals surface area (Å²) in [5.74, 6) is 0.671. The quantitative estimate of drug-likeness (QED) is 0.840. The van der Waals surface area contributed by atoms with E-state index in [0.29, 0.717) is 17.6 Å². The van der Waals surface area contributed by atoms with Crippen molar-refractivity contribution < 1.29 is 4.39 Å². The molecule has 0 N–H and O–H groups in total. The predicted octanol–water partition coefficient (Wildman–Crippen LogP) is 2.55. The zero-order chi connectivity index (χ0) is 12.4. The Bertz CT molecular complexity index is 588. The van der Waals surface area contributed by atoms with Crippen molar-refractivity contribution in [3.63, 3.8) is 0 Å². The third kappa shape index (κ3) is 2.11. The van der Waals surface area contributed by atoms with Gasteiger partial charge in [0.1, 0.15) is 17.3 Å². The highest BCUT2D eigenvalue weighted by atomic mass is 32.1. The van der Waals surface area contributed by atoms with Crippen molar-refractivity contribution >= 4 is 21.6 Å². The topological polar surface area (TPSA) is 34.9 Å². The van der Waals surface area contributed by atoms with E-state index in [1.807, 2.05) is 19.9 Å². The van der Waals surface area contributed by atoms with Crippen LogP contribution in [0.1, 0.15) is 24.5 Å². The third-order valence-electron chi connectivity index (χ3n) is 2.75. The van der Waals surface area contributed by atoms with Gasteiger partial charge >= 0.3 is 0 Å². The summed E-state index contributed by atoms with van der Waals surface area (Å²) < 4.78 is 13.9. The lowest BCUT2D eigenvalue weighted by molar-refractivity contribution is 0.432. The zero-order valence-corrected chi connectivity index (χ0v) is 10.8. The van der Waals surface area contributed by atoms with Crippen LogP contribution in [0, 0.1) is 0 Å². The average Bonchev–Trinajstić information content (AvgIpc) is 2.76. The van der Waals surface area contributed by atoms with Crippen LogP contribution in [0.3, 0.4) is 0 Å². The van der Waals surface area contributed by atoms with E-state index in [0.717, 1.165) is 16.1 Å². The van der Waals surface area contributed by atoms with Gasteiger partial charge in [-0.05, 0) is 12.5 Å². The summed E-state index contributed by atoms with van der Waals surface area (Å²) in [6.07, 6.45) is 1.54. The van der Waals surface area contributed by atoms with E-state index in [-0.39, 0.29) is 12.1 Å². The molecule has 0 saturated heterocycles. The van der Waals surface area contributed by atoms with Crippen LogP contribution >= 0.6 is 11.3 Å². The third-order valence-corrected chi connectivity index (χ3v) is 3.93. The number of nitrogens with zero attached hydrogens (tertiary/aromatic N) is 2. The van der Waals surface area contributed by atoms with Crippen molar-refractivity contribution in [3.8, 4) is 0 Å². The largest absolute Gasteiger partial charge is 0.293 e. The number of thiophene rings is 1. The Morgan fingerprint density at radius 3 is 2.76 bits per heavy atom. The molecule has 0 aromatic carbocycles. The van der Waals surface area contributed by atoms with Crippen LogP contribution in [-0.2, 0) is 19.4 Å². The summed E-state index contributed by atoms with van der Waals surface area (Å²) in [4.78, 5) is 18.6. The predicted molar refractivity (Wildman–Crippen MR) is 68.6 cm³/mol. The van der Waals surface area contributed by atoms with Crippen molar-refractivity contribution in [2.75, 3.05) is 6.67 Å². The summed E-state index contributed by atoms with van der Waals surface area (Å²) in [5.41, 5.74) is -0.111. The molecule has 0 spiro atoms. The molecule has 92 valence electrons. The molecule has 2 heterocycles. The molecule has 0 amide bonds. The second kappa shape index (κ2) is 4.96. The first-order valence-electron chi connectivity index (χ1n) is 5.79. The smallest absolute Gasteiger partial charge is 0.262 e. The molecular weight excluding hydrogens is 239 g/mol. The molecule has 2 aromatic heterocycles. The summed E-state index contributed by atoms with van der Waals surface area (Å²) in [7, 11) is 0. The number of hydrogen-bond donors (Lipinski definition) is 0. The van der Waals surface area contributed by atoms with Gasteiger partial charge in [-0.3, -0.25) is 9.36 Å². The van der Waals surface area contributed by atoms with Crippen LogP contribution in [0.4, 0.5) is 4.39 Å². The zero-order valence-electron chi connectivity index (χ0n) is 9.99. The van der Waals surface area contributed by atoms with Gasteiger partial charge in [-0.1, -0.05) is 13.8 Å². The Morgan fingerprint density at radius 2 is 2.18 bits per heavy atom. The maximum Gasteiger partial charge on any atom is 0.262 e. The van der Waals surface area contributed by atoms with E-state index in [2.05, 4.69) is 4.98 Å². The molecule has 0 atom stereocenters. The van der Waals surface area contributed by atoms with Gasteiger partial charge in [0.2, 0.25) is 0 Å². The fourth-order valence-electron chi connectivity index (χ4n) is 1.87. The molecule has 0 aliphatic heterocycles. The molecule has 0 unspecified atom stereocenters. The number of aromatic nitrogens is 2. The Hall–Kier alpha value is -1.23. The molecule has 0 fully saturated rings. The van der Waals surface area contributed by atoms with Gasteiger partial charge in [-0.25, -0.2) is 9.37 Å². The summed E-state index contributed by atoms with van der Waals surface area (Å²) in [6, 6.07) is 1.88. The van der Waals surface area contributed by atoms with E-state index in [1.165, 1.54) is 4.57 Å². The first-order valence-corrected chi connectivity index (χ1v) is 6.61.